The van der Waals surface area contributed by atoms with Crippen molar-refractivity contribution in [3.8, 4) is 0 Å². The van der Waals surface area contributed by atoms with Gasteiger partial charge in [-0.1, -0.05) is 289 Å². The van der Waals surface area contributed by atoms with E-state index in [0.717, 1.165) is 57.8 Å². The highest BCUT2D eigenvalue weighted by atomic mass is 16.7. The number of hydrogen-bond acceptors (Lipinski definition) is 8. The Morgan fingerprint density at radius 1 is 0.397 bits per heavy atom. The highest BCUT2D eigenvalue weighted by molar-refractivity contribution is 5.70. The zero-order chi connectivity index (χ0) is 53.4. The first kappa shape index (κ1) is 71.0. The van der Waals surface area contributed by atoms with Crippen molar-refractivity contribution < 1.29 is 42.9 Å². The van der Waals surface area contributed by atoms with Crippen molar-refractivity contribution in [2.24, 2.45) is 0 Å². The van der Waals surface area contributed by atoms with Crippen LogP contribution in [0.4, 0.5) is 0 Å². The number of hydrogen-bond donors (Lipinski definition) is 0. The van der Waals surface area contributed by atoms with Crippen LogP contribution in [0.25, 0.3) is 0 Å². The van der Waals surface area contributed by atoms with Gasteiger partial charge in [0.15, 0.2) is 12.4 Å². The van der Waals surface area contributed by atoms with E-state index in [9.17, 15) is 19.5 Å². The summed E-state index contributed by atoms with van der Waals surface area (Å²) in [5.41, 5.74) is 0. The summed E-state index contributed by atoms with van der Waals surface area (Å²) in [6.07, 6.45) is 63.4. The number of quaternary nitrogens is 1. The van der Waals surface area contributed by atoms with Crippen LogP contribution in [0, 0.1) is 0 Å². The van der Waals surface area contributed by atoms with Crippen molar-refractivity contribution in [1.29, 1.82) is 0 Å². The van der Waals surface area contributed by atoms with Gasteiger partial charge in [0.25, 0.3) is 0 Å². The van der Waals surface area contributed by atoms with Crippen LogP contribution in [0.15, 0.2) is 12.2 Å². The van der Waals surface area contributed by atoms with Crippen LogP contribution < -0.4 is 5.11 Å². The summed E-state index contributed by atoms with van der Waals surface area (Å²) in [5, 5.41) is 11.7. The second-order valence-corrected chi connectivity index (χ2v) is 23.1. The number of unbranched alkanes of at least 4 members (excludes halogenated alkanes) is 43. The minimum absolute atomic E-state index is 0.149. The summed E-state index contributed by atoms with van der Waals surface area (Å²) in [4.78, 5) is 37.1. The molecule has 9 nitrogen and oxygen atoms in total. The molecule has 0 aliphatic heterocycles. The second-order valence-electron chi connectivity index (χ2n) is 23.1. The minimum Gasteiger partial charge on any atom is -0.545 e. The molecule has 2 unspecified atom stereocenters. The summed E-state index contributed by atoms with van der Waals surface area (Å²) < 4.78 is 22.6. The molecule has 0 amide bonds. The first-order chi connectivity index (χ1) is 35.6. The normalized spacial score (nSPS) is 12.7. The molecule has 0 heterocycles. The van der Waals surface area contributed by atoms with Crippen molar-refractivity contribution in [2.45, 2.75) is 334 Å². The molecule has 0 saturated heterocycles. The molecule has 0 aromatic heterocycles. The molecule has 73 heavy (non-hydrogen) atoms. The summed E-state index contributed by atoms with van der Waals surface area (Å²) in [6, 6.07) is 0. The number of likely N-dealkylation sites (N-methyl/N-ethyl adjacent to an activating group) is 1. The lowest BCUT2D eigenvalue weighted by Crippen LogP contribution is -2.44. The minimum atomic E-state index is -1.62. The molecule has 0 aromatic carbocycles. The molecule has 2 atom stereocenters. The van der Waals surface area contributed by atoms with Crippen molar-refractivity contribution in [1.82, 2.24) is 0 Å². The number of carbonyl (C=O) groups is 3. The third-order valence-corrected chi connectivity index (χ3v) is 14.5. The van der Waals surface area contributed by atoms with E-state index in [1.165, 1.54) is 231 Å². The van der Waals surface area contributed by atoms with E-state index < -0.39 is 24.3 Å². The van der Waals surface area contributed by atoms with Crippen LogP contribution in [0.2, 0.25) is 0 Å². The average Bonchev–Trinajstić information content (AvgIpc) is 3.36. The van der Waals surface area contributed by atoms with Crippen LogP contribution in [0.3, 0.4) is 0 Å². The lowest BCUT2D eigenvalue weighted by atomic mass is 10.0. The summed E-state index contributed by atoms with van der Waals surface area (Å²) in [5.74, 6) is -2.28. The SMILES string of the molecule is CCC/C=C\CCCCCCCC(=O)OC(COC(=O)CCCCCCCCCCCCCCCCCCCCCCCCCCCCCCCCCCCCCCCC)COC(OCC[N+](C)(C)C)C(=O)[O-]. The Morgan fingerprint density at radius 3 is 1.07 bits per heavy atom. The fourth-order valence-electron chi connectivity index (χ4n) is 9.60. The molecule has 0 aliphatic rings. The van der Waals surface area contributed by atoms with Gasteiger partial charge in [0, 0.05) is 12.8 Å². The van der Waals surface area contributed by atoms with Gasteiger partial charge in [-0.3, -0.25) is 9.59 Å². The lowest BCUT2D eigenvalue weighted by Gasteiger charge is -2.26. The number of carbonyl (C=O) groups excluding carboxylic acids is 3. The third-order valence-electron chi connectivity index (χ3n) is 14.5. The van der Waals surface area contributed by atoms with Gasteiger partial charge in [-0.2, -0.15) is 0 Å². The number of esters is 2. The fraction of sp³-hybridized carbons (Fsp3) is 0.922. The lowest BCUT2D eigenvalue weighted by molar-refractivity contribution is -0.870. The number of rotatable bonds is 60. The fourth-order valence-corrected chi connectivity index (χ4v) is 9.60. The Balaban J connectivity index is 3.82. The van der Waals surface area contributed by atoms with Gasteiger partial charge in [0.05, 0.1) is 40.3 Å². The van der Waals surface area contributed by atoms with E-state index in [-0.39, 0.29) is 32.2 Å². The van der Waals surface area contributed by atoms with Gasteiger partial charge in [0.2, 0.25) is 0 Å². The maximum atomic E-state index is 12.7. The van der Waals surface area contributed by atoms with Gasteiger partial charge in [0.1, 0.15) is 13.2 Å². The first-order valence-electron chi connectivity index (χ1n) is 31.8. The van der Waals surface area contributed by atoms with Crippen LogP contribution >= 0.6 is 0 Å². The van der Waals surface area contributed by atoms with Crippen LogP contribution in [-0.2, 0) is 33.3 Å². The number of allylic oxidation sites excluding steroid dienone is 2. The maximum absolute atomic E-state index is 12.7. The second kappa shape index (κ2) is 56.2. The zero-order valence-corrected chi connectivity index (χ0v) is 49.3. The number of aliphatic carboxylic acids is 1. The molecule has 0 fully saturated rings. The number of nitrogens with zero attached hydrogens (tertiary/aromatic N) is 1. The summed E-state index contributed by atoms with van der Waals surface area (Å²) >= 11 is 0. The molecule has 0 N–H and O–H groups in total. The van der Waals surface area contributed by atoms with Gasteiger partial charge in [-0.05, 0) is 32.1 Å². The molecule has 432 valence electrons. The highest BCUT2D eigenvalue weighted by Crippen LogP contribution is 2.19. The smallest absolute Gasteiger partial charge is 0.306 e. The van der Waals surface area contributed by atoms with E-state index in [2.05, 4.69) is 26.0 Å². The Labute approximate surface area is 453 Å². The monoisotopic (exact) mass is 1030 g/mol. The van der Waals surface area contributed by atoms with E-state index in [1.807, 2.05) is 21.1 Å². The van der Waals surface area contributed by atoms with Crippen molar-refractivity contribution in [3.05, 3.63) is 12.2 Å². The predicted molar refractivity (Wildman–Crippen MR) is 307 cm³/mol. The molecule has 0 radical (unpaired) electrons. The molecule has 0 aromatic rings. The molecule has 9 heteroatoms. The first-order valence-corrected chi connectivity index (χ1v) is 31.8. The predicted octanol–water partition coefficient (Wildman–Crippen LogP) is 17.6. The van der Waals surface area contributed by atoms with Gasteiger partial charge < -0.3 is 33.3 Å². The summed E-state index contributed by atoms with van der Waals surface area (Å²) in [7, 11) is 5.92. The van der Waals surface area contributed by atoms with Crippen molar-refractivity contribution in [2.75, 3.05) is 47.5 Å². The maximum Gasteiger partial charge on any atom is 0.306 e. The zero-order valence-electron chi connectivity index (χ0n) is 49.3. The van der Waals surface area contributed by atoms with Gasteiger partial charge >= 0.3 is 11.9 Å². The number of carboxylic acid groups (broad SMARTS) is 1. The molecule has 0 rings (SSSR count). The van der Waals surface area contributed by atoms with E-state index in [4.69, 9.17) is 18.9 Å². The third kappa shape index (κ3) is 57.6. The molecule has 0 spiro atoms. The molecule has 0 bridgehead atoms. The quantitative estimate of drug-likeness (QED) is 0.0195. The van der Waals surface area contributed by atoms with Gasteiger partial charge in [-0.15, -0.1) is 0 Å². The van der Waals surface area contributed by atoms with Gasteiger partial charge in [-0.25, -0.2) is 0 Å². The highest BCUT2D eigenvalue weighted by Gasteiger charge is 2.22. The summed E-state index contributed by atoms with van der Waals surface area (Å²) in [6.45, 7) is 4.71. The van der Waals surface area contributed by atoms with E-state index >= 15 is 0 Å². The van der Waals surface area contributed by atoms with Crippen molar-refractivity contribution in [3.63, 3.8) is 0 Å². The Morgan fingerprint density at radius 2 is 0.726 bits per heavy atom. The average molecular weight is 1030 g/mol. The Kier molecular flexibility index (Phi) is 54.7. The Bertz CT molecular complexity index is 1200. The van der Waals surface area contributed by atoms with E-state index in [1.54, 1.807) is 0 Å². The molecular formula is C64H123NO8. The molecular weight excluding hydrogens is 911 g/mol. The van der Waals surface area contributed by atoms with E-state index in [0.29, 0.717) is 23.9 Å². The molecule has 0 aliphatic carbocycles. The topological polar surface area (TPSA) is 111 Å². The van der Waals surface area contributed by atoms with Crippen LogP contribution in [0.1, 0.15) is 322 Å². The largest absolute Gasteiger partial charge is 0.545 e. The van der Waals surface area contributed by atoms with Crippen LogP contribution in [-0.4, -0.2) is 82.3 Å². The molecule has 0 saturated carbocycles. The number of carboxylic acids is 1. The number of ether oxygens (including phenoxy) is 4. The van der Waals surface area contributed by atoms with Crippen molar-refractivity contribution >= 4 is 17.9 Å². The standard InChI is InChI=1S/C64H123NO8/c1-6-8-10-12-14-16-18-19-20-21-22-23-24-25-26-27-28-29-30-31-32-33-34-35-36-37-38-39-40-41-42-43-44-45-47-48-50-52-54-61(66)71-58-60(59-72-64(63(68)69)70-57-56-65(3,4)5)73-62(67)55-53-51-49-46-17-15-13-11-9-7-2/h11,13,60,64H,6-10,12,14-59H2,1-5H3/b13-11-. The Hall–Kier alpha value is -1.97. The van der Waals surface area contributed by atoms with Crippen LogP contribution in [0.5, 0.6) is 0 Å².